The topological polar surface area (TPSA) is 9.23 Å². The van der Waals surface area contributed by atoms with Crippen LogP contribution >= 0.6 is 0 Å². The van der Waals surface area contributed by atoms with Gasteiger partial charge in [0.05, 0.1) is 6.10 Å². The highest BCUT2D eigenvalue weighted by molar-refractivity contribution is 4.84. The van der Waals surface area contributed by atoms with Crippen LogP contribution in [0.5, 0.6) is 0 Å². The van der Waals surface area contributed by atoms with E-state index in [1.54, 1.807) is 70.6 Å². The molecular weight excluding hydrogens is 419 g/mol. The normalized spacial score (nSPS) is 45.7. The van der Waals surface area contributed by atoms with Crippen LogP contribution in [0.25, 0.3) is 0 Å². The van der Waals surface area contributed by atoms with Gasteiger partial charge in [-0.15, -0.1) is 0 Å². The van der Waals surface area contributed by atoms with Gasteiger partial charge in [0.1, 0.15) is 0 Å². The predicted molar refractivity (Wildman–Crippen MR) is 102 cm³/mol. The molecule has 0 amide bonds. The molecule has 1 nitrogen and oxygen atoms in total. The summed E-state index contributed by atoms with van der Waals surface area (Å²) in [7, 11) is 1.92. The smallest absolute Gasteiger partial charge is 0.275 e. The van der Waals surface area contributed by atoms with Gasteiger partial charge < -0.3 is 4.74 Å². The third kappa shape index (κ3) is 5.15. The third-order valence-corrected chi connectivity index (χ3v) is 12.9. The standard InChI is InChI=1S/C23H40IO/c1-25-22-14-12-21(13-15-22)24-23-16-19-7-6-17-2-4-18(5-3-17)8-10-20(23)11-9-19/h17-23H,2-16H2,1H3/q+1. The highest BCUT2D eigenvalue weighted by Crippen LogP contribution is 2.40. The molecule has 0 aliphatic heterocycles. The van der Waals surface area contributed by atoms with Gasteiger partial charge in [0, 0.05) is 13.0 Å². The van der Waals surface area contributed by atoms with E-state index < -0.39 is 0 Å². The van der Waals surface area contributed by atoms with Gasteiger partial charge >= 0.3 is 0 Å². The summed E-state index contributed by atoms with van der Waals surface area (Å²) in [4.78, 5) is 0. The minimum atomic E-state index is 0.411. The van der Waals surface area contributed by atoms with E-state index >= 15 is 0 Å². The van der Waals surface area contributed by atoms with Crippen LogP contribution in [0.15, 0.2) is 0 Å². The fraction of sp³-hybridized carbons (Fsp3) is 1.00. The summed E-state index contributed by atoms with van der Waals surface area (Å²) in [5.74, 6) is 4.44. The zero-order chi connectivity index (χ0) is 17.1. The van der Waals surface area contributed by atoms with Crippen molar-refractivity contribution < 1.29 is 25.9 Å². The Hall–Kier alpha value is 0.690. The molecule has 3 atom stereocenters. The van der Waals surface area contributed by atoms with Crippen LogP contribution in [0.3, 0.4) is 0 Å². The number of methoxy groups -OCH3 is 1. The number of ether oxygens (including phenoxy) is 1. The molecular formula is C23H40IO+. The van der Waals surface area contributed by atoms with Gasteiger partial charge in [-0.2, -0.15) is 0 Å². The average molecular weight is 459 g/mol. The lowest BCUT2D eigenvalue weighted by molar-refractivity contribution is -0.733. The zero-order valence-electron chi connectivity index (χ0n) is 16.4. The van der Waals surface area contributed by atoms with Crippen LogP contribution in [-0.4, -0.2) is 21.1 Å². The SMILES string of the molecule is COC1CCC([I+]C2CC3CCC4CCC(CC4)CCC2CC3)CC1. The molecule has 0 saturated heterocycles. The van der Waals surface area contributed by atoms with E-state index in [-0.39, 0.29) is 0 Å². The van der Waals surface area contributed by atoms with Crippen LogP contribution in [0.1, 0.15) is 96.3 Å². The van der Waals surface area contributed by atoms with E-state index in [9.17, 15) is 0 Å². The van der Waals surface area contributed by atoms with Gasteiger partial charge in [-0.1, -0.05) is 44.9 Å². The van der Waals surface area contributed by atoms with Crippen molar-refractivity contribution in [1.29, 1.82) is 0 Å². The second-order valence-electron chi connectivity index (χ2n) is 9.73. The minimum Gasteiger partial charge on any atom is -0.381 e. The fourth-order valence-electron chi connectivity index (χ4n) is 6.34. The van der Waals surface area contributed by atoms with Crippen molar-refractivity contribution >= 4 is 0 Å². The molecule has 0 N–H and O–H groups in total. The summed E-state index contributed by atoms with van der Waals surface area (Å²) in [5, 5.41) is 0. The van der Waals surface area contributed by atoms with E-state index in [1.165, 1.54) is 29.6 Å². The molecule has 7 aliphatic rings. The van der Waals surface area contributed by atoms with Crippen LogP contribution in [0.4, 0.5) is 0 Å². The number of alkyl halides is 2. The maximum absolute atomic E-state index is 5.61. The molecule has 7 fully saturated rings. The first-order valence-corrected chi connectivity index (χ1v) is 13.9. The average Bonchev–Trinajstić information content (AvgIpc) is 2.65. The van der Waals surface area contributed by atoms with E-state index in [0.29, 0.717) is 27.3 Å². The van der Waals surface area contributed by atoms with Gasteiger partial charge in [0.25, 0.3) is 21.2 Å². The van der Waals surface area contributed by atoms with Crippen LogP contribution in [0, 0.1) is 23.7 Å². The zero-order valence-corrected chi connectivity index (χ0v) is 18.6. The lowest BCUT2D eigenvalue weighted by Gasteiger charge is -2.36. The van der Waals surface area contributed by atoms with Crippen molar-refractivity contribution in [2.45, 2.75) is 110 Å². The van der Waals surface area contributed by atoms with Crippen molar-refractivity contribution in [3.8, 4) is 0 Å². The molecule has 0 heterocycles. The van der Waals surface area contributed by atoms with E-state index in [4.69, 9.17) is 4.74 Å². The second kappa shape index (κ2) is 9.26. The lowest BCUT2D eigenvalue weighted by atomic mass is 9.71. The summed E-state index contributed by atoms with van der Waals surface area (Å²) in [6, 6.07) is 0. The Bertz CT molecular complexity index is 395. The molecule has 0 aromatic heterocycles. The summed E-state index contributed by atoms with van der Waals surface area (Å²) in [6.07, 6.45) is 23.7. The highest BCUT2D eigenvalue weighted by atomic mass is 127. The molecule has 7 aliphatic carbocycles. The first kappa shape index (κ1) is 19.0. The maximum Gasteiger partial charge on any atom is 0.275 e. The predicted octanol–water partition coefficient (Wildman–Crippen LogP) is 3.20. The van der Waals surface area contributed by atoms with E-state index in [1.807, 2.05) is 7.11 Å². The molecule has 4 bridgehead atoms. The molecule has 7 rings (SSSR count). The Balaban J connectivity index is 1.36. The fourth-order valence-corrected chi connectivity index (χ4v) is 11.4. The Morgan fingerprint density at radius 1 is 0.600 bits per heavy atom. The summed E-state index contributed by atoms with van der Waals surface area (Å²) >= 11 is 0.411. The summed E-state index contributed by atoms with van der Waals surface area (Å²) in [5.41, 5.74) is 0. The maximum atomic E-state index is 5.61. The molecule has 0 aromatic carbocycles. The first-order chi connectivity index (χ1) is 12.3. The lowest BCUT2D eigenvalue weighted by Crippen LogP contribution is -3.69. The highest BCUT2D eigenvalue weighted by Gasteiger charge is 2.43. The summed E-state index contributed by atoms with van der Waals surface area (Å²) < 4.78 is 7.92. The Labute approximate surface area is 166 Å². The summed E-state index contributed by atoms with van der Waals surface area (Å²) in [6.45, 7) is 0. The number of rotatable bonds is 3. The van der Waals surface area contributed by atoms with E-state index in [2.05, 4.69) is 0 Å². The Morgan fingerprint density at radius 3 is 1.72 bits per heavy atom. The Kier molecular flexibility index (Phi) is 7.04. The molecule has 25 heavy (non-hydrogen) atoms. The molecule has 0 spiro atoms. The molecule has 0 aromatic rings. The van der Waals surface area contributed by atoms with Gasteiger partial charge in [-0.25, -0.2) is 0 Å². The first-order valence-electron chi connectivity index (χ1n) is 11.4. The van der Waals surface area contributed by atoms with Gasteiger partial charge in [-0.3, -0.25) is 0 Å². The van der Waals surface area contributed by atoms with Crippen molar-refractivity contribution in [2.24, 2.45) is 23.7 Å². The molecule has 7 saturated carbocycles. The van der Waals surface area contributed by atoms with Crippen LogP contribution in [0.2, 0.25) is 0 Å². The van der Waals surface area contributed by atoms with Crippen molar-refractivity contribution in [3.05, 3.63) is 0 Å². The third-order valence-electron chi connectivity index (χ3n) is 8.19. The second-order valence-corrected chi connectivity index (χ2v) is 13.8. The minimum absolute atomic E-state index is 0.411. The Morgan fingerprint density at radius 2 is 1.12 bits per heavy atom. The van der Waals surface area contributed by atoms with Crippen LogP contribution < -0.4 is 21.2 Å². The number of halogens is 1. The van der Waals surface area contributed by atoms with Crippen LogP contribution in [-0.2, 0) is 4.74 Å². The molecule has 2 heteroatoms. The molecule has 3 unspecified atom stereocenters. The van der Waals surface area contributed by atoms with Crippen molar-refractivity contribution in [1.82, 2.24) is 0 Å². The molecule has 144 valence electrons. The largest absolute Gasteiger partial charge is 0.381 e. The van der Waals surface area contributed by atoms with Gasteiger partial charge in [0.15, 0.2) is 7.85 Å². The monoisotopic (exact) mass is 459 g/mol. The van der Waals surface area contributed by atoms with Crippen molar-refractivity contribution in [3.63, 3.8) is 0 Å². The number of hydrogen-bond donors (Lipinski definition) is 0. The van der Waals surface area contributed by atoms with E-state index in [0.717, 1.165) is 27.6 Å². The molecule has 0 radical (unpaired) electrons. The van der Waals surface area contributed by atoms with Gasteiger partial charge in [0.2, 0.25) is 0 Å². The van der Waals surface area contributed by atoms with Crippen molar-refractivity contribution in [2.75, 3.05) is 7.11 Å². The van der Waals surface area contributed by atoms with Gasteiger partial charge in [-0.05, 0) is 69.1 Å². The quantitative estimate of drug-likeness (QED) is 0.466. The number of hydrogen-bond acceptors (Lipinski definition) is 1.